The summed E-state index contributed by atoms with van der Waals surface area (Å²) < 4.78 is 11.7. The first-order chi connectivity index (χ1) is 14.6. The molecule has 0 aromatic heterocycles. The molecular weight excluding hydrogens is 376 g/mol. The van der Waals surface area contributed by atoms with Crippen LogP contribution in [0, 0.1) is 13.8 Å². The van der Waals surface area contributed by atoms with Crippen LogP contribution in [0.15, 0.2) is 77.9 Å². The molecule has 0 spiro atoms. The molecular formula is C25H26N2O3. The van der Waals surface area contributed by atoms with E-state index in [0.29, 0.717) is 24.5 Å². The van der Waals surface area contributed by atoms with Crippen molar-refractivity contribution in [2.45, 2.75) is 20.3 Å². The van der Waals surface area contributed by atoms with Crippen LogP contribution < -0.4 is 14.9 Å². The van der Waals surface area contributed by atoms with Gasteiger partial charge in [0, 0.05) is 17.5 Å². The Morgan fingerprint density at radius 1 is 0.900 bits per heavy atom. The van der Waals surface area contributed by atoms with Gasteiger partial charge in [-0.1, -0.05) is 36.4 Å². The first kappa shape index (κ1) is 21.1. The molecule has 0 aliphatic carbocycles. The van der Waals surface area contributed by atoms with Crippen molar-refractivity contribution >= 4 is 12.1 Å². The summed E-state index contributed by atoms with van der Waals surface area (Å²) in [5.74, 6) is 1.34. The van der Waals surface area contributed by atoms with E-state index in [0.717, 1.165) is 17.7 Å². The number of ether oxygens (including phenoxy) is 2. The van der Waals surface area contributed by atoms with E-state index in [-0.39, 0.29) is 5.91 Å². The fourth-order valence-electron chi connectivity index (χ4n) is 2.98. The van der Waals surface area contributed by atoms with Crippen LogP contribution in [0.2, 0.25) is 0 Å². The van der Waals surface area contributed by atoms with Gasteiger partial charge in [-0.15, -0.1) is 0 Å². The largest absolute Gasteiger partial charge is 0.493 e. The summed E-state index contributed by atoms with van der Waals surface area (Å²) in [4.78, 5) is 12.1. The molecule has 3 aromatic carbocycles. The van der Waals surface area contributed by atoms with Crippen LogP contribution in [0.1, 0.15) is 33.5 Å². The summed E-state index contributed by atoms with van der Waals surface area (Å²) in [6, 6.07) is 22.7. The maximum Gasteiger partial charge on any atom is 0.271 e. The van der Waals surface area contributed by atoms with Crippen LogP contribution in [-0.4, -0.2) is 25.3 Å². The number of carbonyl (C=O) groups is 1. The standard InChI is InChI=1S/C25H26N2O3/c1-19-15-20(2)17-23(16-19)29-13-8-14-30-24-12-7-6-11-22(24)18-26-27-25(28)21-9-4-3-5-10-21/h3-7,9-12,15-18H,8,13-14H2,1-2H3,(H,27,28). The quantitative estimate of drug-likeness (QED) is 0.314. The Bertz CT molecular complexity index is 980. The van der Waals surface area contributed by atoms with Gasteiger partial charge in [0.15, 0.2) is 0 Å². The number of benzene rings is 3. The van der Waals surface area contributed by atoms with E-state index in [9.17, 15) is 4.79 Å². The average Bonchev–Trinajstić information content (AvgIpc) is 2.74. The molecule has 0 aliphatic heterocycles. The zero-order valence-electron chi connectivity index (χ0n) is 17.3. The van der Waals surface area contributed by atoms with E-state index in [1.54, 1.807) is 18.3 Å². The molecule has 30 heavy (non-hydrogen) atoms. The van der Waals surface area contributed by atoms with Crippen molar-refractivity contribution < 1.29 is 14.3 Å². The number of nitrogens with zero attached hydrogens (tertiary/aromatic N) is 1. The third-order valence-corrected chi connectivity index (χ3v) is 4.33. The average molecular weight is 402 g/mol. The number of para-hydroxylation sites is 1. The van der Waals surface area contributed by atoms with Crippen molar-refractivity contribution in [1.82, 2.24) is 5.43 Å². The summed E-state index contributed by atoms with van der Waals surface area (Å²) in [5, 5.41) is 4.05. The second-order valence-electron chi connectivity index (χ2n) is 6.98. The first-order valence-electron chi connectivity index (χ1n) is 9.93. The van der Waals surface area contributed by atoms with Gasteiger partial charge in [0.05, 0.1) is 19.4 Å². The summed E-state index contributed by atoms with van der Waals surface area (Å²) in [6.45, 7) is 5.21. The lowest BCUT2D eigenvalue weighted by atomic mass is 10.1. The summed E-state index contributed by atoms with van der Waals surface area (Å²) in [6.07, 6.45) is 2.34. The van der Waals surface area contributed by atoms with Crippen molar-refractivity contribution in [1.29, 1.82) is 0 Å². The number of hydrogen-bond acceptors (Lipinski definition) is 4. The molecule has 0 aliphatic rings. The van der Waals surface area contributed by atoms with Crippen molar-refractivity contribution in [3.05, 3.63) is 95.1 Å². The van der Waals surface area contributed by atoms with Gasteiger partial charge in [-0.2, -0.15) is 5.10 Å². The van der Waals surface area contributed by atoms with Crippen molar-refractivity contribution in [3.63, 3.8) is 0 Å². The second kappa shape index (κ2) is 10.8. The van der Waals surface area contributed by atoms with Crippen LogP contribution in [0.25, 0.3) is 0 Å². The topological polar surface area (TPSA) is 59.9 Å². The van der Waals surface area contributed by atoms with Crippen LogP contribution >= 0.6 is 0 Å². The lowest BCUT2D eigenvalue weighted by Gasteiger charge is -2.10. The van der Waals surface area contributed by atoms with Gasteiger partial charge in [0.2, 0.25) is 0 Å². The number of hydrazone groups is 1. The smallest absolute Gasteiger partial charge is 0.271 e. The molecule has 0 saturated carbocycles. The maximum absolute atomic E-state index is 12.1. The van der Waals surface area contributed by atoms with Gasteiger partial charge in [-0.3, -0.25) is 4.79 Å². The lowest BCUT2D eigenvalue weighted by molar-refractivity contribution is 0.0955. The normalized spacial score (nSPS) is 10.7. The van der Waals surface area contributed by atoms with Crippen molar-refractivity contribution in [2.24, 2.45) is 5.10 Å². The second-order valence-corrected chi connectivity index (χ2v) is 6.98. The Labute approximate surface area is 177 Å². The minimum Gasteiger partial charge on any atom is -0.493 e. The van der Waals surface area contributed by atoms with E-state index >= 15 is 0 Å². The van der Waals surface area contributed by atoms with E-state index in [1.807, 2.05) is 54.6 Å². The molecule has 0 unspecified atom stereocenters. The van der Waals surface area contributed by atoms with E-state index < -0.39 is 0 Å². The highest BCUT2D eigenvalue weighted by atomic mass is 16.5. The highest BCUT2D eigenvalue weighted by Gasteiger charge is 2.04. The lowest BCUT2D eigenvalue weighted by Crippen LogP contribution is -2.17. The monoisotopic (exact) mass is 402 g/mol. The molecule has 0 radical (unpaired) electrons. The number of aryl methyl sites for hydroxylation is 2. The molecule has 154 valence electrons. The summed E-state index contributed by atoms with van der Waals surface area (Å²) >= 11 is 0. The van der Waals surface area contributed by atoms with Crippen LogP contribution in [-0.2, 0) is 0 Å². The fourth-order valence-corrected chi connectivity index (χ4v) is 2.98. The van der Waals surface area contributed by atoms with E-state index in [1.165, 1.54) is 11.1 Å². The van der Waals surface area contributed by atoms with Gasteiger partial charge in [0.25, 0.3) is 5.91 Å². The third kappa shape index (κ3) is 6.48. The molecule has 0 fully saturated rings. The van der Waals surface area contributed by atoms with E-state index in [2.05, 4.69) is 30.4 Å². The maximum atomic E-state index is 12.1. The highest BCUT2D eigenvalue weighted by Crippen LogP contribution is 2.18. The molecule has 3 rings (SSSR count). The molecule has 5 heteroatoms. The van der Waals surface area contributed by atoms with Crippen LogP contribution in [0.3, 0.4) is 0 Å². The summed E-state index contributed by atoms with van der Waals surface area (Å²) in [5.41, 5.74) is 6.26. The van der Waals surface area contributed by atoms with Gasteiger partial charge in [0.1, 0.15) is 11.5 Å². The number of rotatable bonds is 9. The zero-order valence-corrected chi connectivity index (χ0v) is 17.3. The third-order valence-electron chi connectivity index (χ3n) is 4.33. The molecule has 0 saturated heterocycles. The molecule has 5 nitrogen and oxygen atoms in total. The molecule has 3 aromatic rings. The summed E-state index contributed by atoms with van der Waals surface area (Å²) in [7, 11) is 0. The molecule has 0 heterocycles. The van der Waals surface area contributed by atoms with Crippen LogP contribution in [0.4, 0.5) is 0 Å². The Kier molecular flexibility index (Phi) is 7.61. The Morgan fingerprint density at radius 2 is 1.57 bits per heavy atom. The van der Waals surface area contributed by atoms with E-state index in [4.69, 9.17) is 9.47 Å². The van der Waals surface area contributed by atoms with Gasteiger partial charge < -0.3 is 9.47 Å². The minimum absolute atomic E-state index is 0.256. The predicted molar refractivity (Wildman–Crippen MR) is 119 cm³/mol. The molecule has 1 amide bonds. The zero-order chi connectivity index (χ0) is 21.2. The molecule has 0 bridgehead atoms. The van der Waals surface area contributed by atoms with Gasteiger partial charge in [-0.25, -0.2) is 5.43 Å². The van der Waals surface area contributed by atoms with Crippen LogP contribution in [0.5, 0.6) is 11.5 Å². The SMILES string of the molecule is Cc1cc(C)cc(OCCCOc2ccccc2C=NNC(=O)c2ccccc2)c1. The van der Waals surface area contributed by atoms with Gasteiger partial charge >= 0.3 is 0 Å². The van der Waals surface area contributed by atoms with Gasteiger partial charge in [-0.05, 0) is 61.4 Å². The highest BCUT2D eigenvalue weighted by molar-refractivity contribution is 5.95. The minimum atomic E-state index is -0.256. The predicted octanol–water partition coefficient (Wildman–Crippen LogP) is 4.92. The van der Waals surface area contributed by atoms with Crippen molar-refractivity contribution in [2.75, 3.05) is 13.2 Å². The first-order valence-corrected chi connectivity index (χ1v) is 9.93. The Hall–Kier alpha value is -3.60. The number of carbonyl (C=O) groups excluding carboxylic acids is 1. The number of nitrogens with one attached hydrogen (secondary N) is 1. The molecule has 1 N–H and O–H groups in total. The fraction of sp³-hybridized carbons (Fsp3) is 0.200. The molecule has 0 atom stereocenters. The van der Waals surface area contributed by atoms with Crippen molar-refractivity contribution in [3.8, 4) is 11.5 Å². The number of hydrogen-bond donors (Lipinski definition) is 1. The Morgan fingerprint density at radius 3 is 2.33 bits per heavy atom. The Balaban J connectivity index is 1.47. The number of amides is 1.